The average molecular weight is 233 g/mol. The molecule has 0 saturated carbocycles. The number of thiazole rings is 1. The average Bonchev–Trinajstić information content (AvgIpc) is 2.62. The van der Waals surface area contributed by atoms with Gasteiger partial charge in [-0.25, -0.2) is 4.98 Å². The van der Waals surface area contributed by atoms with Crippen molar-refractivity contribution in [3.8, 4) is 0 Å². The van der Waals surface area contributed by atoms with Gasteiger partial charge in [0, 0.05) is 19.0 Å². The minimum Gasteiger partial charge on any atom is -0.351 e. The lowest BCUT2D eigenvalue weighted by Gasteiger charge is -2.16. The number of aromatic nitrogens is 1. The maximum atomic E-state index is 5.70. The molecule has 0 aromatic carbocycles. The van der Waals surface area contributed by atoms with Gasteiger partial charge < -0.3 is 4.90 Å². The number of halogens is 1. The van der Waals surface area contributed by atoms with Gasteiger partial charge in [-0.1, -0.05) is 13.8 Å². The van der Waals surface area contributed by atoms with Crippen molar-refractivity contribution in [3.05, 3.63) is 11.1 Å². The molecule has 0 fully saturated rings. The number of alkyl halides is 1. The van der Waals surface area contributed by atoms with E-state index < -0.39 is 0 Å². The Morgan fingerprint density at radius 3 is 2.79 bits per heavy atom. The zero-order chi connectivity index (χ0) is 10.6. The van der Waals surface area contributed by atoms with Crippen molar-refractivity contribution < 1.29 is 0 Å². The van der Waals surface area contributed by atoms with Crippen molar-refractivity contribution in [1.82, 2.24) is 4.98 Å². The van der Waals surface area contributed by atoms with Crippen molar-refractivity contribution in [2.24, 2.45) is 5.92 Å². The molecule has 0 saturated heterocycles. The van der Waals surface area contributed by atoms with Crippen LogP contribution in [0.1, 0.15) is 26.0 Å². The van der Waals surface area contributed by atoms with Crippen LogP contribution in [0.3, 0.4) is 0 Å². The Balaban J connectivity index is 2.47. The zero-order valence-electron chi connectivity index (χ0n) is 8.96. The highest BCUT2D eigenvalue weighted by Crippen LogP contribution is 2.20. The first kappa shape index (κ1) is 11.8. The van der Waals surface area contributed by atoms with Crippen LogP contribution in [0.25, 0.3) is 0 Å². The monoisotopic (exact) mass is 232 g/mol. The summed E-state index contributed by atoms with van der Waals surface area (Å²) in [6.45, 7) is 5.53. The van der Waals surface area contributed by atoms with E-state index in [0.29, 0.717) is 5.88 Å². The third-order valence-electron chi connectivity index (χ3n) is 2.04. The molecule has 1 rings (SSSR count). The van der Waals surface area contributed by atoms with E-state index in [4.69, 9.17) is 11.6 Å². The fourth-order valence-corrected chi connectivity index (χ4v) is 2.13. The molecule has 1 aromatic rings. The first-order chi connectivity index (χ1) is 6.63. The highest BCUT2D eigenvalue weighted by atomic mass is 35.5. The van der Waals surface area contributed by atoms with Gasteiger partial charge in [-0.15, -0.1) is 22.9 Å². The van der Waals surface area contributed by atoms with E-state index in [1.54, 1.807) is 11.3 Å². The highest BCUT2D eigenvalue weighted by molar-refractivity contribution is 7.13. The third-order valence-corrected chi connectivity index (χ3v) is 3.32. The summed E-state index contributed by atoms with van der Waals surface area (Å²) in [5, 5.41) is 3.09. The van der Waals surface area contributed by atoms with Gasteiger partial charge in [-0.2, -0.15) is 0 Å². The van der Waals surface area contributed by atoms with Gasteiger partial charge in [-0.05, 0) is 12.3 Å². The van der Waals surface area contributed by atoms with E-state index in [1.807, 2.05) is 5.38 Å². The van der Waals surface area contributed by atoms with Crippen LogP contribution in [-0.4, -0.2) is 18.6 Å². The maximum absolute atomic E-state index is 5.70. The number of rotatable bonds is 5. The number of nitrogens with zero attached hydrogens (tertiary/aromatic N) is 2. The van der Waals surface area contributed by atoms with Crippen molar-refractivity contribution in [2.45, 2.75) is 26.1 Å². The lowest BCUT2D eigenvalue weighted by atomic mass is 10.1. The molecule has 4 heteroatoms. The van der Waals surface area contributed by atoms with E-state index >= 15 is 0 Å². The molecular weight excluding hydrogens is 216 g/mol. The topological polar surface area (TPSA) is 16.1 Å². The smallest absolute Gasteiger partial charge is 0.185 e. The summed E-state index contributed by atoms with van der Waals surface area (Å²) in [4.78, 5) is 6.61. The predicted octanol–water partition coefficient (Wildman–Crippen LogP) is 3.36. The van der Waals surface area contributed by atoms with Gasteiger partial charge >= 0.3 is 0 Å². The van der Waals surface area contributed by atoms with Crippen molar-refractivity contribution in [2.75, 3.05) is 18.5 Å². The van der Waals surface area contributed by atoms with E-state index in [0.717, 1.165) is 23.3 Å². The molecule has 1 heterocycles. The summed E-state index contributed by atoms with van der Waals surface area (Å²) < 4.78 is 0. The van der Waals surface area contributed by atoms with Gasteiger partial charge in [-0.3, -0.25) is 0 Å². The molecule has 0 aliphatic rings. The lowest BCUT2D eigenvalue weighted by Crippen LogP contribution is -2.19. The summed E-state index contributed by atoms with van der Waals surface area (Å²) >= 11 is 7.36. The molecule has 0 aliphatic heterocycles. The second-order valence-corrected chi connectivity index (χ2v) is 4.96. The molecule has 0 amide bonds. The fourth-order valence-electron chi connectivity index (χ4n) is 1.08. The fraction of sp³-hybridized carbons (Fsp3) is 0.700. The molecule has 0 unspecified atom stereocenters. The van der Waals surface area contributed by atoms with Crippen LogP contribution in [0.4, 0.5) is 5.13 Å². The predicted molar refractivity (Wildman–Crippen MR) is 64.4 cm³/mol. The Kier molecular flexibility index (Phi) is 4.69. The van der Waals surface area contributed by atoms with E-state index in [9.17, 15) is 0 Å². The molecule has 14 heavy (non-hydrogen) atoms. The van der Waals surface area contributed by atoms with Crippen molar-refractivity contribution >= 4 is 28.1 Å². The van der Waals surface area contributed by atoms with Crippen LogP contribution < -0.4 is 4.90 Å². The van der Waals surface area contributed by atoms with Gasteiger partial charge in [0.1, 0.15) is 0 Å². The molecule has 80 valence electrons. The van der Waals surface area contributed by atoms with E-state index in [2.05, 4.69) is 30.8 Å². The number of hydrogen-bond acceptors (Lipinski definition) is 3. The van der Waals surface area contributed by atoms with Crippen LogP contribution in [0.15, 0.2) is 5.38 Å². The molecule has 0 spiro atoms. The Morgan fingerprint density at radius 1 is 1.57 bits per heavy atom. The molecule has 0 bridgehead atoms. The SMILES string of the molecule is CC(C)CCN(C)c1nc(CCl)cs1. The summed E-state index contributed by atoms with van der Waals surface area (Å²) in [5.74, 6) is 1.25. The molecule has 0 radical (unpaired) electrons. The van der Waals surface area contributed by atoms with E-state index in [1.165, 1.54) is 6.42 Å². The van der Waals surface area contributed by atoms with E-state index in [-0.39, 0.29) is 0 Å². The molecule has 1 aromatic heterocycles. The van der Waals surface area contributed by atoms with Gasteiger partial charge in [0.05, 0.1) is 11.6 Å². The molecule has 0 atom stereocenters. The number of anilines is 1. The minimum atomic E-state index is 0.508. The highest BCUT2D eigenvalue weighted by Gasteiger charge is 2.06. The van der Waals surface area contributed by atoms with Crippen molar-refractivity contribution in [3.63, 3.8) is 0 Å². The van der Waals surface area contributed by atoms with Crippen LogP contribution in [0.5, 0.6) is 0 Å². The summed E-state index contributed by atoms with van der Waals surface area (Å²) in [6, 6.07) is 0. The first-order valence-electron chi connectivity index (χ1n) is 4.85. The third kappa shape index (κ3) is 3.46. The Bertz CT molecular complexity index is 273. The second kappa shape index (κ2) is 5.56. The van der Waals surface area contributed by atoms with Crippen LogP contribution in [0, 0.1) is 5.92 Å². The van der Waals surface area contributed by atoms with Gasteiger partial charge in [0.15, 0.2) is 5.13 Å². The Hall–Kier alpha value is -0.280. The molecular formula is C10H17ClN2S. The normalized spacial score (nSPS) is 10.9. The molecule has 2 nitrogen and oxygen atoms in total. The standard InChI is InChI=1S/C10H17ClN2S/c1-8(2)4-5-13(3)10-12-9(6-11)7-14-10/h7-8H,4-6H2,1-3H3. The molecule has 0 aliphatic carbocycles. The van der Waals surface area contributed by atoms with Crippen LogP contribution in [0.2, 0.25) is 0 Å². The summed E-state index contributed by atoms with van der Waals surface area (Å²) in [7, 11) is 2.08. The van der Waals surface area contributed by atoms with Crippen LogP contribution >= 0.6 is 22.9 Å². The summed E-state index contributed by atoms with van der Waals surface area (Å²) in [5.41, 5.74) is 0.975. The first-order valence-corrected chi connectivity index (χ1v) is 6.26. The van der Waals surface area contributed by atoms with Crippen molar-refractivity contribution in [1.29, 1.82) is 0 Å². The molecule has 0 N–H and O–H groups in total. The minimum absolute atomic E-state index is 0.508. The van der Waals surface area contributed by atoms with Gasteiger partial charge in [0.2, 0.25) is 0 Å². The van der Waals surface area contributed by atoms with Gasteiger partial charge in [0.25, 0.3) is 0 Å². The Morgan fingerprint density at radius 2 is 2.29 bits per heavy atom. The Labute approximate surface area is 94.9 Å². The lowest BCUT2D eigenvalue weighted by molar-refractivity contribution is 0.585. The van der Waals surface area contributed by atoms with Crippen LogP contribution in [-0.2, 0) is 5.88 Å². The maximum Gasteiger partial charge on any atom is 0.185 e. The summed E-state index contributed by atoms with van der Waals surface area (Å²) in [6.07, 6.45) is 1.20. The quantitative estimate of drug-likeness (QED) is 0.724. The second-order valence-electron chi connectivity index (χ2n) is 3.86. The largest absolute Gasteiger partial charge is 0.351 e. The zero-order valence-corrected chi connectivity index (χ0v) is 10.5. The number of hydrogen-bond donors (Lipinski definition) is 0.